The Morgan fingerprint density at radius 2 is 1.64 bits per heavy atom. The van der Waals surface area contributed by atoms with Gasteiger partial charge in [-0.25, -0.2) is 26.2 Å². The lowest BCUT2D eigenvalue weighted by atomic mass is 10.1. The van der Waals surface area contributed by atoms with Crippen LogP contribution in [0.5, 0.6) is 0 Å². The Balaban J connectivity index is 1.91. The summed E-state index contributed by atoms with van der Waals surface area (Å²) in [5.41, 5.74) is 1.64. The van der Waals surface area contributed by atoms with Crippen molar-refractivity contribution in [2.45, 2.75) is 15.0 Å². The molecule has 0 N–H and O–H groups in total. The standard InChI is InChI=1S/C23H17BrFNO4S3/c1-32(27,28)20-8-3-2-7-19(20)21-22(16-9-11-18(25)12-10-16)31-23(26-21)33(29,30)14-15-5-4-6-17(24)13-15/h2-13H,14H2,1H3. The quantitative estimate of drug-likeness (QED) is 0.297. The lowest BCUT2D eigenvalue weighted by Crippen LogP contribution is -2.05. The molecule has 0 aliphatic carbocycles. The molecule has 0 bridgehead atoms. The van der Waals surface area contributed by atoms with Gasteiger partial charge in [0.2, 0.25) is 14.2 Å². The number of nitrogens with zero attached hydrogens (tertiary/aromatic N) is 1. The van der Waals surface area contributed by atoms with Crippen molar-refractivity contribution in [2.24, 2.45) is 0 Å². The fourth-order valence-electron chi connectivity index (χ4n) is 3.31. The highest BCUT2D eigenvalue weighted by atomic mass is 79.9. The molecule has 0 aliphatic rings. The molecule has 1 heterocycles. The predicted molar refractivity (Wildman–Crippen MR) is 131 cm³/mol. The van der Waals surface area contributed by atoms with Crippen LogP contribution in [0.25, 0.3) is 21.7 Å². The zero-order valence-electron chi connectivity index (χ0n) is 17.2. The molecular formula is C23H17BrFNO4S3. The van der Waals surface area contributed by atoms with Gasteiger partial charge < -0.3 is 0 Å². The van der Waals surface area contributed by atoms with Crippen LogP contribution in [0.4, 0.5) is 4.39 Å². The first-order valence-electron chi connectivity index (χ1n) is 9.58. The van der Waals surface area contributed by atoms with E-state index in [9.17, 15) is 21.2 Å². The van der Waals surface area contributed by atoms with Crippen molar-refractivity contribution >= 4 is 46.9 Å². The van der Waals surface area contributed by atoms with E-state index in [0.29, 0.717) is 21.6 Å². The molecule has 4 aromatic rings. The van der Waals surface area contributed by atoms with Crippen LogP contribution in [0, 0.1) is 5.82 Å². The average Bonchev–Trinajstić information content (AvgIpc) is 3.20. The fraction of sp³-hybridized carbons (Fsp3) is 0.0870. The summed E-state index contributed by atoms with van der Waals surface area (Å²) < 4.78 is 65.4. The van der Waals surface area contributed by atoms with Crippen LogP contribution in [-0.2, 0) is 25.4 Å². The molecule has 0 saturated heterocycles. The second-order valence-electron chi connectivity index (χ2n) is 7.32. The third-order valence-electron chi connectivity index (χ3n) is 4.77. The number of thiazole rings is 1. The van der Waals surface area contributed by atoms with Crippen LogP contribution in [0.15, 0.2) is 86.5 Å². The number of rotatable bonds is 6. The van der Waals surface area contributed by atoms with E-state index < -0.39 is 25.5 Å². The van der Waals surface area contributed by atoms with Gasteiger partial charge in [-0.3, -0.25) is 0 Å². The maximum Gasteiger partial charge on any atom is 0.210 e. The van der Waals surface area contributed by atoms with Crippen LogP contribution in [0.2, 0.25) is 0 Å². The van der Waals surface area contributed by atoms with Crippen molar-refractivity contribution in [2.75, 3.05) is 6.26 Å². The summed E-state index contributed by atoms with van der Waals surface area (Å²) in [6.07, 6.45) is 1.08. The van der Waals surface area contributed by atoms with Crippen molar-refractivity contribution in [3.8, 4) is 21.7 Å². The maximum absolute atomic E-state index is 13.5. The molecule has 4 rings (SSSR count). The molecule has 0 saturated carbocycles. The number of halogens is 2. The SMILES string of the molecule is CS(=O)(=O)c1ccccc1-c1nc(S(=O)(=O)Cc2cccc(Br)c2)sc1-c1ccc(F)cc1. The van der Waals surface area contributed by atoms with Gasteiger partial charge in [0.25, 0.3) is 0 Å². The fourth-order valence-corrected chi connectivity index (χ4v) is 7.37. The van der Waals surface area contributed by atoms with Gasteiger partial charge in [-0.15, -0.1) is 11.3 Å². The van der Waals surface area contributed by atoms with Gasteiger partial charge >= 0.3 is 0 Å². The smallest absolute Gasteiger partial charge is 0.210 e. The molecule has 0 spiro atoms. The minimum atomic E-state index is -3.84. The van der Waals surface area contributed by atoms with E-state index in [1.54, 1.807) is 42.5 Å². The average molecular weight is 566 g/mol. The van der Waals surface area contributed by atoms with Gasteiger partial charge in [0.1, 0.15) is 5.82 Å². The van der Waals surface area contributed by atoms with Crippen LogP contribution in [0.3, 0.4) is 0 Å². The third-order valence-corrected chi connectivity index (χ3v) is 9.66. The molecule has 0 aliphatic heterocycles. The highest BCUT2D eigenvalue weighted by Gasteiger charge is 2.27. The Morgan fingerprint density at radius 3 is 2.30 bits per heavy atom. The summed E-state index contributed by atoms with van der Waals surface area (Å²) in [6, 6.07) is 18.8. The van der Waals surface area contributed by atoms with Crippen LogP contribution >= 0.6 is 27.3 Å². The third kappa shape index (κ3) is 5.24. The summed E-state index contributed by atoms with van der Waals surface area (Å²) >= 11 is 4.27. The monoisotopic (exact) mass is 565 g/mol. The van der Waals surface area contributed by atoms with Gasteiger partial charge in [0.05, 0.1) is 21.2 Å². The lowest BCUT2D eigenvalue weighted by Gasteiger charge is -2.08. The maximum atomic E-state index is 13.5. The highest BCUT2D eigenvalue weighted by molar-refractivity contribution is 9.10. The molecule has 0 atom stereocenters. The molecule has 3 aromatic carbocycles. The molecule has 0 unspecified atom stereocenters. The zero-order valence-corrected chi connectivity index (χ0v) is 21.2. The first-order chi connectivity index (χ1) is 15.5. The minimum Gasteiger partial charge on any atom is -0.224 e. The minimum absolute atomic E-state index is 0.0367. The van der Waals surface area contributed by atoms with Crippen molar-refractivity contribution in [1.82, 2.24) is 4.98 Å². The number of aromatic nitrogens is 1. The van der Waals surface area contributed by atoms with Gasteiger partial charge in [-0.2, -0.15) is 0 Å². The van der Waals surface area contributed by atoms with E-state index in [-0.39, 0.29) is 20.7 Å². The van der Waals surface area contributed by atoms with Gasteiger partial charge in [0.15, 0.2) is 9.84 Å². The van der Waals surface area contributed by atoms with Crippen LogP contribution in [0.1, 0.15) is 5.56 Å². The summed E-state index contributed by atoms with van der Waals surface area (Å²) in [5, 5.41) is 0. The van der Waals surface area contributed by atoms with Crippen LogP contribution in [-0.4, -0.2) is 28.1 Å². The van der Waals surface area contributed by atoms with E-state index >= 15 is 0 Å². The first kappa shape index (κ1) is 23.7. The highest BCUT2D eigenvalue weighted by Crippen LogP contribution is 2.41. The molecule has 33 heavy (non-hydrogen) atoms. The van der Waals surface area contributed by atoms with E-state index in [1.807, 2.05) is 0 Å². The number of hydrogen-bond acceptors (Lipinski definition) is 6. The Kier molecular flexibility index (Phi) is 6.54. The van der Waals surface area contributed by atoms with Crippen molar-refractivity contribution in [3.05, 3.63) is 88.6 Å². The lowest BCUT2D eigenvalue weighted by molar-refractivity contribution is 0.594. The van der Waals surface area contributed by atoms with E-state index in [0.717, 1.165) is 22.1 Å². The predicted octanol–water partition coefficient (Wildman–Crippen LogP) is 5.76. The number of benzene rings is 3. The molecule has 0 radical (unpaired) electrons. The van der Waals surface area contributed by atoms with Crippen LogP contribution < -0.4 is 0 Å². The molecule has 5 nitrogen and oxygen atoms in total. The van der Waals surface area contributed by atoms with E-state index in [2.05, 4.69) is 20.9 Å². The summed E-state index contributed by atoms with van der Waals surface area (Å²) in [5.74, 6) is -0.709. The number of sulfone groups is 2. The molecule has 170 valence electrons. The topological polar surface area (TPSA) is 81.2 Å². The Morgan fingerprint density at radius 1 is 0.939 bits per heavy atom. The Hall–Kier alpha value is -2.40. The summed E-state index contributed by atoms with van der Waals surface area (Å²) in [4.78, 5) is 4.88. The van der Waals surface area contributed by atoms with E-state index in [4.69, 9.17) is 0 Å². The molecule has 10 heteroatoms. The van der Waals surface area contributed by atoms with E-state index in [1.165, 1.54) is 30.3 Å². The Bertz CT molecular complexity index is 1550. The van der Waals surface area contributed by atoms with Crippen molar-refractivity contribution < 1.29 is 21.2 Å². The first-order valence-corrected chi connectivity index (χ1v) is 14.7. The van der Waals surface area contributed by atoms with Gasteiger partial charge in [0, 0.05) is 16.3 Å². The van der Waals surface area contributed by atoms with Crippen molar-refractivity contribution in [3.63, 3.8) is 0 Å². The molecule has 0 amide bonds. The zero-order chi connectivity index (χ0) is 23.8. The molecule has 1 aromatic heterocycles. The normalized spacial score (nSPS) is 12.1. The molecule has 0 fully saturated rings. The second-order valence-corrected chi connectivity index (χ2v) is 13.4. The summed E-state index contributed by atoms with van der Waals surface area (Å²) in [6.45, 7) is 0. The second kappa shape index (κ2) is 9.09. The molecular weight excluding hydrogens is 549 g/mol. The largest absolute Gasteiger partial charge is 0.224 e. The van der Waals surface area contributed by atoms with Gasteiger partial charge in [-0.05, 0) is 41.5 Å². The Labute approximate surface area is 203 Å². The number of hydrogen-bond donors (Lipinski definition) is 0. The summed E-state index contributed by atoms with van der Waals surface area (Å²) in [7, 11) is -7.46. The van der Waals surface area contributed by atoms with Gasteiger partial charge in [-0.1, -0.05) is 58.4 Å². The van der Waals surface area contributed by atoms with Crippen molar-refractivity contribution in [1.29, 1.82) is 0 Å².